The van der Waals surface area contributed by atoms with Gasteiger partial charge < -0.3 is 5.11 Å². The molecular weight excluding hydrogens is 220 g/mol. The Morgan fingerprint density at radius 1 is 1.44 bits per heavy atom. The fraction of sp³-hybridized carbons (Fsp3) is 0.333. The summed E-state index contributed by atoms with van der Waals surface area (Å²) in [5.74, 6) is 0. The average molecular weight is 234 g/mol. The van der Waals surface area contributed by atoms with Gasteiger partial charge in [0.15, 0.2) is 0 Å². The number of rotatable bonds is 4. The zero-order valence-corrected chi connectivity index (χ0v) is 9.94. The van der Waals surface area contributed by atoms with Gasteiger partial charge in [-0.3, -0.25) is 4.98 Å². The lowest BCUT2D eigenvalue weighted by atomic mass is 10.0. The molecule has 2 aromatic heterocycles. The molecule has 0 aromatic carbocycles. The summed E-state index contributed by atoms with van der Waals surface area (Å²) in [5.41, 5.74) is 2.07. The maximum Gasteiger partial charge on any atom is 0.0954 e. The zero-order chi connectivity index (χ0) is 11.4. The summed E-state index contributed by atoms with van der Waals surface area (Å²) in [4.78, 5) is 8.25. The quantitative estimate of drug-likeness (QED) is 0.883. The van der Waals surface area contributed by atoms with Crippen molar-refractivity contribution in [2.24, 2.45) is 0 Å². The van der Waals surface area contributed by atoms with Crippen molar-refractivity contribution in [3.63, 3.8) is 0 Å². The van der Waals surface area contributed by atoms with Gasteiger partial charge in [0.25, 0.3) is 0 Å². The molecule has 16 heavy (non-hydrogen) atoms. The number of hydrogen-bond acceptors (Lipinski definition) is 4. The van der Waals surface area contributed by atoms with Gasteiger partial charge in [-0.1, -0.05) is 6.92 Å². The Balaban J connectivity index is 2.17. The summed E-state index contributed by atoms with van der Waals surface area (Å²) in [6.45, 7) is 2.07. The first-order valence-corrected chi connectivity index (χ1v) is 6.18. The molecule has 2 aromatic rings. The van der Waals surface area contributed by atoms with Crippen LogP contribution in [0, 0.1) is 0 Å². The van der Waals surface area contributed by atoms with E-state index in [0.717, 1.165) is 22.6 Å². The summed E-state index contributed by atoms with van der Waals surface area (Å²) < 4.78 is 0. The van der Waals surface area contributed by atoms with Crippen molar-refractivity contribution >= 4 is 11.3 Å². The van der Waals surface area contributed by atoms with E-state index in [4.69, 9.17) is 0 Å². The van der Waals surface area contributed by atoms with E-state index < -0.39 is 6.10 Å². The molecule has 1 unspecified atom stereocenters. The molecule has 0 amide bonds. The van der Waals surface area contributed by atoms with Crippen LogP contribution >= 0.6 is 11.3 Å². The molecule has 0 saturated carbocycles. The van der Waals surface area contributed by atoms with Gasteiger partial charge in [0, 0.05) is 30.4 Å². The van der Waals surface area contributed by atoms with E-state index in [0.29, 0.717) is 6.42 Å². The highest BCUT2D eigenvalue weighted by Crippen LogP contribution is 2.22. The molecule has 2 heterocycles. The largest absolute Gasteiger partial charge is 0.388 e. The van der Waals surface area contributed by atoms with Crippen LogP contribution in [0.2, 0.25) is 0 Å². The van der Waals surface area contributed by atoms with Crippen LogP contribution in [0.4, 0.5) is 0 Å². The molecule has 2 rings (SSSR count). The van der Waals surface area contributed by atoms with E-state index in [-0.39, 0.29) is 0 Å². The van der Waals surface area contributed by atoms with E-state index in [1.54, 1.807) is 23.7 Å². The lowest BCUT2D eigenvalue weighted by Gasteiger charge is -2.12. The van der Waals surface area contributed by atoms with Gasteiger partial charge >= 0.3 is 0 Å². The predicted octanol–water partition coefficient (Wildman–Crippen LogP) is 2.38. The first-order chi connectivity index (χ1) is 7.81. The van der Waals surface area contributed by atoms with Crippen LogP contribution in [0.5, 0.6) is 0 Å². The first-order valence-electron chi connectivity index (χ1n) is 5.30. The molecule has 84 valence electrons. The summed E-state index contributed by atoms with van der Waals surface area (Å²) in [6.07, 6.45) is 6.29. The third kappa shape index (κ3) is 2.46. The number of thiazole rings is 1. The Morgan fingerprint density at radius 3 is 3.00 bits per heavy atom. The van der Waals surface area contributed by atoms with Gasteiger partial charge in [0.2, 0.25) is 0 Å². The Labute approximate surface area is 98.8 Å². The third-order valence-corrected chi connectivity index (χ3v) is 3.33. The maximum absolute atomic E-state index is 10.1. The number of aliphatic hydroxyl groups is 1. The van der Waals surface area contributed by atoms with E-state index >= 15 is 0 Å². The van der Waals surface area contributed by atoms with Crippen LogP contribution in [0.25, 0.3) is 0 Å². The predicted molar refractivity (Wildman–Crippen MR) is 64.4 cm³/mol. The topological polar surface area (TPSA) is 46.0 Å². The lowest BCUT2D eigenvalue weighted by molar-refractivity contribution is 0.177. The van der Waals surface area contributed by atoms with Crippen LogP contribution in [-0.4, -0.2) is 15.1 Å². The SMILES string of the molecule is CCc1cnccc1C(O)Cc1nccs1. The zero-order valence-electron chi connectivity index (χ0n) is 9.13. The molecule has 1 atom stereocenters. The van der Waals surface area contributed by atoms with Crippen LogP contribution in [0.3, 0.4) is 0 Å². The van der Waals surface area contributed by atoms with Crippen LogP contribution in [0.1, 0.15) is 29.2 Å². The second kappa shape index (κ2) is 5.18. The van der Waals surface area contributed by atoms with Gasteiger partial charge in [-0.2, -0.15) is 0 Å². The lowest BCUT2D eigenvalue weighted by Crippen LogP contribution is -2.05. The Kier molecular flexibility index (Phi) is 3.64. The molecule has 1 N–H and O–H groups in total. The van der Waals surface area contributed by atoms with Crippen LogP contribution in [0.15, 0.2) is 30.0 Å². The van der Waals surface area contributed by atoms with Gasteiger partial charge in [-0.05, 0) is 23.6 Å². The highest BCUT2D eigenvalue weighted by molar-refractivity contribution is 7.09. The fourth-order valence-electron chi connectivity index (χ4n) is 1.69. The number of hydrogen-bond donors (Lipinski definition) is 1. The van der Waals surface area contributed by atoms with E-state index in [1.807, 2.05) is 17.6 Å². The van der Waals surface area contributed by atoms with Gasteiger partial charge in [-0.15, -0.1) is 11.3 Å². The summed E-state index contributed by atoms with van der Waals surface area (Å²) in [7, 11) is 0. The van der Waals surface area contributed by atoms with Gasteiger partial charge in [0.1, 0.15) is 0 Å². The number of pyridine rings is 1. The second-order valence-electron chi connectivity index (χ2n) is 3.57. The highest BCUT2D eigenvalue weighted by Gasteiger charge is 2.13. The Hall–Kier alpha value is -1.26. The molecular formula is C12H14N2OS. The summed E-state index contributed by atoms with van der Waals surface area (Å²) >= 11 is 1.57. The number of aryl methyl sites for hydroxylation is 1. The van der Waals surface area contributed by atoms with Crippen molar-refractivity contribution in [1.29, 1.82) is 0 Å². The smallest absolute Gasteiger partial charge is 0.0954 e. The minimum atomic E-state index is -0.482. The van der Waals surface area contributed by atoms with Gasteiger partial charge in [-0.25, -0.2) is 4.98 Å². The van der Waals surface area contributed by atoms with E-state index in [1.165, 1.54) is 0 Å². The maximum atomic E-state index is 10.1. The van der Waals surface area contributed by atoms with Crippen molar-refractivity contribution in [3.05, 3.63) is 46.2 Å². The standard InChI is InChI=1S/C12H14N2OS/c1-2-9-8-13-4-3-10(9)11(15)7-12-14-5-6-16-12/h3-6,8,11,15H,2,7H2,1H3. The molecule has 3 nitrogen and oxygen atoms in total. The average Bonchev–Trinajstić information content (AvgIpc) is 2.81. The second-order valence-corrected chi connectivity index (χ2v) is 4.55. The molecule has 0 aliphatic rings. The molecule has 0 spiro atoms. The minimum absolute atomic E-state index is 0.482. The minimum Gasteiger partial charge on any atom is -0.388 e. The Morgan fingerprint density at radius 2 is 2.31 bits per heavy atom. The Bertz CT molecular complexity index is 442. The van der Waals surface area contributed by atoms with Crippen LogP contribution < -0.4 is 0 Å². The van der Waals surface area contributed by atoms with Crippen molar-refractivity contribution in [3.8, 4) is 0 Å². The van der Waals surface area contributed by atoms with Gasteiger partial charge in [0.05, 0.1) is 11.1 Å². The molecule has 0 aliphatic heterocycles. The summed E-state index contributed by atoms with van der Waals surface area (Å²) in [5, 5.41) is 13.0. The first kappa shape index (κ1) is 11.2. The molecule has 4 heteroatoms. The van der Waals surface area contributed by atoms with Crippen LogP contribution in [-0.2, 0) is 12.8 Å². The summed E-state index contributed by atoms with van der Waals surface area (Å²) in [6, 6.07) is 1.89. The number of nitrogens with zero attached hydrogens (tertiary/aromatic N) is 2. The number of aromatic nitrogens is 2. The van der Waals surface area contributed by atoms with Crippen molar-refractivity contribution in [1.82, 2.24) is 9.97 Å². The third-order valence-electron chi connectivity index (χ3n) is 2.53. The van der Waals surface area contributed by atoms with Crippen molar-refractivity contribution < 1.29 is 5.11 Å². The van der Waals surface area contributed by atoms with Crippen molar-refractivity contribution in [2.45, 2.75) is 25.9 Å². The molecule has 0 bridgehead atoms. The van der Waals surface area contributed by atoms with E-state index in [9.17, 15) is 5.11 Å². The molecule has 0 saturated heterocycles. The monoisotopic (exact) mass is 234 g/mol. The fourth-order valence-corrected chi connectivity index (χ4v) is 2.34. The molecule has 0 radical (unpaired) electrons. The highest BCUT2D eigenvalue weighted by atomic mass is 32.1. The van der Waals surface area contributed by atoms with E-state index in [2.05, 4.69) is 16.9 Å². The molecule has 0 aliphatic carbocycles. The normalized spacial score (nSPS) is 12.6. The number of aliphatic hydroxyl groups excluding tert-OH is 1. The van der Waals surface area contributed by atoms with Crippen molar-refractivity contribution in [2.75, 3.05) is 0 Å². The molecule has 0 fully saturated rings.